The van der Waals surface area contributed by atoms with E-state index in [1.165, 1.54) is 0 Å². The van der Waals surface area contributed by atoms with E-state index in [-0.39, 0.29) is 11.9 Å². The van der Waals surface area contributed by atoms with Crippen molar-refractivity contribution in [2.75, 3.05) is 12.4 Å². The molecule has 82 valence electrons. The molecular weight excluding hydrogens is 279 g/mol. The van der Waals surface area contributed by atoms with Crippen LogP contribution in [-0.4, -0.2) is 19.0 Å². The second kappa shape index (κ2) is 5.37. The molecule has 3 nitrogen and oxygen atoms in total. The van der Waals surface area contributed by atoms with Crippen LogP contribution < -0.4 is 10.6 Å². The van der Waals surface area contributed by atoms with Crippen molar-refractivity contribution in [1.82, 2.24) is 5.32 Å². The summed E-state index contributed by atoms with van der Waals surface area (Å²) in [6.45, 7) is 1.79. The summed E-state index contributed by atoms with van der Waals surface area (Å²) in [4.78, 5) is 11.3. The number of carbonyl (C=O) groups is 1. The van der Waals surface area contributed by atoms with Crippen LogP contribution in [0.25, 0.3) is 0 Å². The fourth-order valence-electron chi connectivity index (χ4n) is 1.12. The molecule has 0 aliphatic heterocycles. The Morgan fingerprint density at radius 1 is 1.53 bits per heavy atom. The van der Waals surface area contributed by atoms with E-state index >= 15 is 0 Å². The predicted molar refractivity (Wildman–Crippen MR) is 66.3 cm³/mol. The standard InChI is InChI=1S/C10H12BrClN2O/c1-6(10(15)13-2)14-7-3-4-9(12)8(11)5-7/h3-6,14H,1-2H3,(H,13,15). The molecule has 0 aromatic heterocycles. The van der Waals surface area contributed by atoms with Crippen molar-refractivity contribution in [3.8, 4) is 0 Å². The van der Waals surface area contributed by atoms with Crippen molar-refractivity contribution in [3.63, 3.8) is 0 Å². The quantitative estimate of drug-likeness (QED) is 0.899. The summed E-state index contributed by atoms with van der Waals surface area (Å²) in [5.74, 6) is -0.0546. The second-order valence-electron chi connectivity index (χ2n) is 3.11. The van der Waals surface area contributed by atoms with Gasteiger partial charge in [0.2, 0.25) is 5.91 Å². The smallest absolute Gasteiger partial charge is 0.241 e. The van der Waals surface area contributed by atoms with E-state index < -0.39 is 0 Å². The third kappa shape index (κ3) is 3.39. The van der Waals surface area contributed by atoms with E-state index in [0.29, 0.717) is 5.02 Å². The minimum absolute atomic E-state index is 0.0546. The number of halogens is 2. The highest BCUT2D eigenvalue weighted by molar-refractivity contribution is 9.10. The zero-order chi connectivity index (χ0) is 11.4. The van der Waals surface area contributed by atoms with Gasteiger partial charge in [-0.15, -0.1) is 0 Å². The number of hydrogen-bond acceptors (Lipinski definition) is 2. The summed E-state index contributed by atoms with van der Waals surface area (Å²) in [5.41, 5.74) is 0.849. The molecule has 1 aromatic rings. The van der Waals surface area contributed by atoms with Gasteiger partial charge in [-0.3, -0.25) is 4.79 Å². The van der Waals surface area contributed by atoms with E-state index in [1.54, 1.807) is 20.0 Å². The van der Waals surface area contributed by atoms with Gasteiger partial charge in [-0.05, 0) is 41.1 Å². The van der Waals surface area contributed by atoms with E-state index in [9.17, 15) is 4.79 Å². The first-order valence-electron chi connectivity index (χ1n) is 4.47. The molecule has 0 aliphatic carbocycles. The third-order valence-electron chi connectivity index (χ3n) is 1.94. The minimum Gasteiger partial charge on any atom is -0.374 e. The van der Waals surface area contributed by atoms with Crippen molar-refractivity contribution in [1.29, 1.82) is 0 Å². The number of rotatable bonds is 3. The highest BCUT2D eigenvalue weighted by Gasteiger charge is 2.10. The number of hydrogen-bond donors (Lipinski definition) is 2. The molecule has 15 heavy (non-hydrogen) atoms. The first-order chi connectivity index (χ1) is 7.04. The van der Waals surface area contributed by atoms with Crippen LogP contribution in [-0.2, 0) is 4.79 Å². The van der Waals surface area contributed by atoms with Gasteiger partial charge in [-0.25, -0.2) is 0 Å². The number of nitrogens with one attached hydrogen (secondary N) is 2. The number of anilines is 1. The van der Waals surface area contributed by atoms with Gasteiger partial charge in [0.15, 0.2) is 0 Å². The van der Waals surface area contributed by atoms with Crippen LogP contribution >= 0.6 is 27.5 Å². The first kappa shape index (κ1) is 12.3. The molecule has 1 rings (SSSR count). The third-order valence-corrected chi connectivity index (χ3v) is 3.16. The molecule has 5 heteroatoms. The van der Waals surface area contributed by atoms with E-state index in [0.717, 1.165) is 10.2 Å². The van der Waals surface area contributed by atoms with E-state index in [4.69, 9.17) is 11.6 Å². The van der Waals surface area contributed by atoms with Crippen LogP contribution in [0.15, 0.2) is 22.7 Å². The Morgan fingerprint density at radius 2 is 2.20 bits per heavy atom. The summed E-state index contributed by atoms with van der Waals surface area (Å²) in [7, 11) is 1.61. The highest BCUT2D eigenvalue weighted by Crippen LogP contribution is 2.25. The van der Waals surface area contributed by atoms with Crippen molar-refractivity contribution in [2.24, 2.45) is 0 Å². The number of carbonyl (C=O) groups excluding carboxylic acids is 1. The van der Waals surface area contributed by atoms with Crippen molar-refractivity contribution in [3.05, 3.63) is 27.7 Å². The van der Waals surface area contributed by atoms with Gasteiger partial charge in [-0.2, -0.15) is 0 Å². The molecule has 0 radical (unpaired) electrons. The Bertz CT molecular complexity index is 370. The molecule has 0 saturated heterocycles. The van der Waals surface area contributed by atoms with E-state index in [2.05, 4.69) is 26.6 Å². The second-order valence-corrected chi connectivity index (χ2v) is 4.37. The topological polar surface area (TPSA) is 41.1 Å². The van der Waals surface area contributed by atoms with Crippen LogP contribution in [0.2, 0.25) is 5.02 Å². The van der Waals surface area contributed by atoms with Gasteiger partial charge in [0, 0.05) is 17.2 Å². The maximum absolute atomic E-state index is 11.3. The average molecular weight is 292 g/mol. The molecule has 0 heterocycles. The maximum atomic E-state index is 11.3. The fourth-order valence-corrected chi connectivity index (χ4v) is 1.61. The molecule has 1 amide bonds. The lowest BCUT2D eigenvalue weighted by Crippen LogP contribution is -2.35. The largest absolute Gasteiger partial charge is 0.374 e. The van der Waals surface area contributed by atoms with Gasteiger partial charge >= 0.3 is 0 Å². The normalized spacial score (nSPS) is 12.0. The summed E-state index contributed by atoms with van der Waals surface area (Å²) < 4.78 is 0.804. The van der Waals surface area contributed by atoms with Crippen molar-refractivity contribution >= 4 is 39.1 Å². The zero-order valence-corrected chi connectivity index (χ0v) is 10.8. The van der Waals surface area contributed by atoms with Gasteiger partial charge in [0.1, 0.15) is 6.04 Å². The number of benzene rings is 1. The monoisotopic (exact) mass is 290 g/mol. The van der Waals surface area contributed by atoms with E-state index in [1.807, 2.05) is 12.1 Å². The Morgan fingerprint density at radius 3 is 2.73 bits per heavy atom. The Balaban J connectivity index is 2.73. The zero-order valence-electron chi connectivity index (χ0n) is 8.47. The molecule has 0 aliphatic rings. The lowest BCUT2D eigenvalue weighted by atomic mass is 10.2. The Labute approximate surface area is 102 Å². The van der Waals surface area contributed by atoms with Crippen LogP contribution in [0.3, 0.4) is 0 Å². The SMILES string of the molecule is CNC(=O)C(C)Nc1ccc(Cl)c(Br)c1. The van der Waals surface area contributed by atoms with Gasteiger partial charge < -0.3 is 10.6 Å². The summed E-state index contributed by atoms with van der Waals surface area (Å²) in [5, 5.41) is 6.28. The Hall–Kier alpha value is -0.740. The molecule has 0 bridgehead atoms. The molecule has 1 atom stereocenters. The molecule has 0 spiro atoms. The van der Waals surface area contributed by atoms with Crippen molar-refractivity contribution in [2.45, 2.75) is 13.0 Å². The molecule has 1 unspecified atom stereocenters. The van der Waals surface area contributed by atoms with Crippen molar-refractivity contribution < 1.29 is 4.79 Å². The Kier molecular flexibility index (Phi) is 4.42. The van der Waals surface area contributed by atoms with Gasteiger partial charge in [0.05, 0.1) is 5.02 Å². The lowest BCUT2D eigenvalue weighted by molar-refractivity contribution is -0.121. The highest BCUT2D eigenvalue weighted by atomic mass is 79.9. The van der Waals surface area contributed by atoms with Gasteiger partial charge in [-0.1, -0.05) is 11.6 Å². The van der Waals surface area contributed by atoms with Crippen LogP contribution in [0.4, 0.5) is 5.69 Å². The van der Waals surface area contributed by atoms with Crippen LogP contribution in [0, 0.1) is 0 Å². The molecule has 0 fully saturated rings. The molecular formula is C10H12BrClN2O. The predicted octanol–water partition coefficient (Wildman–Crippen LogP) is 2.65. The summed E-state index contributed by atoms with van der Waals surface area (Å²) in [6, 6.07) is 5.15. The first-order valence-corrected chi connectivity index (χ1v) is 5.65. The minimum atomic E-state index is -0.275. The van der Waals surface area contributed by atoms with Crippen LogP contribution in [0.5, 0.6) is 0 Å². The number of amides is 1. The lowest BCUT2D eigenvalue weighted by Gasteiger charge is -2.13. The maximum Gasteiger partial charge on any atom is 0.241 e. The molecule has 0 saturated carbocycles. The molecule has 1 aromatic carbocycles. The van der Waals surface area contributed by atoms with Gasteiger partial charge in [0.25, 0.3) is 0 Å². The number of likely N-dealkylation sites (N-methyl/N-ethyl adjacent to an activating group) is 1. The molecule has 2 N–H and O–H groups in total. The average Bonchev–Trinajstić information content (AvgIpc) is 2.22. The summed E-state index contributed by atoms with van der Waals surface area (Å²) >= 11 is 9.17. The van der Waals surface area contributed by atoms with Crippen LogP contribution in [0.1, 0.15) is 6.92 Å². The summed E-state index contributed by atoms with van der Waals surface area (Å²) in [6.07, 6.45) is 0. The fraction of sp³-hybridized carbons (Fsp3) is 0.300.